The first kappa shape index (κ1) is 13.9. The van der Waals surface area contributed by atoms with Gasteiger partial charge in [-0.3, -0.25) is 4.79 Å². The smallest absolute Gasteiger partial charge is 0.322 e. The van der Waals surface area contributed by atoms with Crippen molar-refractivity contribution in [1.82, 2.24) is 4.31 Å². The summed E-state index contributed by atoms with van der Waals surface area (Å²) in [5, 5.41) is 8.94. The number of hydrogen-bond acceptors (Lipinski definition) is 3. The van der Waals surface area contributed by atoms with Crippen LogP contribution in [0.25, 0.3) is 0 Å². The summed E-state index contributed by atoms with van der Waals surface area (Å²) in [4.78, 5) is 9.87. The fourth-order valence-corrected chi connectivity index (χ4v) is 3.88. The molecule has 0 amide bonds. The van der Waals surface area contributed by atoms with Crippen LogP contribution >= 0.6 is 0 Å². The summed E-state index contributed by atoms with van der Waals surface area (Å²) in [6.07, 6.45) is 0.469. The maximum Gasteiger partial charge on any atom is 0.322 e. The molecule has 1 aliphatic heterocycles. The number of nitrogens with zero attached hydrogens (tertiary/aromatic N) is 1. The van der Waals surface area contributed by atoms with Crippen molar-refractivity contribution < 1.29 is 27.1 Å². The van der Waals surface area contributed by atoms with E-state index in [4.69, 9.17) is 5.11 Å². The van der Waals surface area contributed by atoms with E-state index >= 15 is 0 Å². The van der Waals surface area contributed by atoms with Gasteiger partial charge in [0, 0.05) is 6.54 Å². The van der Waals surface area contributed by atoms with Crippen LogP contribution in [-0.2, 0) is 14.8 Å². The molecule has 1 N–H and O–H groups in total. The zero-order valence-electron chi connectivity index (χ0n) is 9.71. The Morgan fingerprint density at radius 3 is 2.42 bits per heavy atom. The molecular weight excluding hydrogens is 280 g/mol. The Kier molecular flexibility index (Phi) is 3.55. The number of sulfonamides is 1. The van der Waals surface area contributed by atoms with Crippen LogP contribution in [0.15, 0.2) is 23.1 Å². The lowest BCUT2D eigenvalue weighted by molar-refractivity contribution is -0.140. The summed E-state index contributed by atoms with van der Waals surface area (Å²) >= 11 is 0. The number of hydrogen-bond donors (Lipinski definition) is 1. The van der Waals surface area contributed by atoms with Gasteiger partial charge in [-0.25, -0.2) is 17.2 Å². The van der Waals surface area contributed by atoms with E-state index in [0.717, 1.165) is 18.2 Å². The molecule has 1 atom stereocenters. The average molecular weight is 291 g/mol. The molecule has 1 aromatic carbocycles. The molecule has 0 radical (unpaired) electrons. The largest absolute Gasteiger partial charge is 0.480 e. The predicted molar refractivity (Wildman–Crippen MR) is 60.9 cm³/mol. The Morgan fingerprint density at radius 2 is 1.89 bits per heavy atom. The highest BCUT2D eigenvalue weighted by molar-refractivity contribution is 7.89. The summed E-state index contributed by atoms with van der Waals surface area (Å²) in [5.74, 6) is -3.77. The topological polar surface area (TPSA) is 74.7 Å². The minimum Gasteiger partial charge on any atom is -0.480 e. The fourth-order valence-electron chi connectivity index (χ4n) is 2.12. The third-order valence-electron chi connectivity index (χ3n) is 2.97. The minimum atomic E-state index is -4.49. The molecule has 0 saturated carbocycles. The Bertz CT molecular complexity index is 597. The summed E-state index contributed by atoms with van der Waals surface area (Å²) in [5.41, 5.74) is 0. The Morgan fingerprint density at radius 1 is 1.32 bits per heavy atom. The van der Waals surface area contributed by atoms with E-state index in [-0.39, 0.29) is 13.0 Å². The molecule has 104 valence electrons. The van der Waals surface area contributed by atoms with Gasteiger partial charge in [0.1, 0.15) is 17.7 Å². The van der Waals surface area contributed by atoms with Crippen molar-refractivity contribution in [1.29, 1.82) is 0 Å². The first-order valence-corrected chi connectivity index (χ1v) is 6.98. The summed E-state index contributed by atoms with van der Waals surface area (Å²) < 4.78 is 52.1. The molecule has 0 bridgehead atoms. The van der Waals surface area contributed by atoms with E-state index in [2.05, 4.69) is 0 Å². The highest BCUT2D eigenvalue weighted by Crippen LogP contribution is 2.29. The number of carboxylic acid groups (broad SMARTS) is 1. The molecule has 8 heteroatoms. The molecular formula is C11H11F2NO4S. The average Bonchev–Trinajstić information content (AvgIpc) is 2.77. The van der Waals surface area contributed by atoms with Crippen LogP contribution in [-0.4, -0.2) is 36.4 Å². The fraction of sp³-hybridized carbons (Fsp3) is 0.364. The van der Waals surface area contributed by atoms with Gasteiger partial charge in [0.05, 0.1) is 0 Å². The molecule has 1 saturated heterocycles. The normalized spacial score (nSPS) is 20.6. The highest BCUT2D eigenvalue weighted by atomic mass is 32.2. The van der Waals surface area contributed by atoms with Crippen LogP contribution in [0.2, 0.25) is 0 Å². The van der Waals surface area contributed by atoms with E-state index in [0.29, 0.717) is 10.7 Å². The first-order valence-electron chi connectivity index (χ1n) is 5.54. The van der Waals surface area contributed by atoms with Gasteiger partial charge in [0.2, 0.25) is 10.0 Å². The van der Waals surface area contributed by atoms with E-state index < -0.39 is 38.6 Å². The highest BCUT2D eigenvalue weighted by Gasteiger charge is 2.41. The van der Waals surface area contributed by atoms with Gasteiger partial charge in [-0.05, 0) is 25.0 Å². The van der Waals surface area contributed by atoms with Crippen LogP contribution in [0.3, 0.4) is 0 Å². The van der Waals surface area contributed by atoms with Crippen LogP contribution in [0.1, 0.15) is 12.8 Å². The summed E-state index contributed by atoms with van der Waals surface area (Å²) in [6, 6.07) is 1.41. The molecule has 1 heterocycles. The van der Waals surface area contributed by atoms with Crippen molar-refractivity contribution in [3.63, 3.8) is 0 Å². The number of rotatable bonds is 3. The second-order valence-corrected chi connectivity index (χ2v) is 5.99. The molecule has 0 aromatic heterocycles. The van der Waals surface area contributed by atoms with Gasteiger partial charge in [-0.15, -0.1) is 0 Å². The van der Waals surface area contributed by atoms with E-state index in [1.165, 1.54) is 0 Å². The molecule has 1 fully saturated rings. The first-order chi connectivity index (χ1) is 8.85. The molecule has 0 spiro atoms. The number of carbonyl (C=O) groups is 1. The molecule has 1 aliphatic rings. The second kappa shape index (κ2) is 4.86. The van der Waals surface area contributed by atoms with E-state index in [1.807, 2.05) is 0 Å². The molecule has 0 unspecified atom stereocenters. The molecule has 19 heavy (non-hydrogen) atoms. The van der Waals surface area contributed by atoms with Crippen molar-refractivity contribution >= 4 is 16.0 Å². The van der Waals surface area contributed by atoms with Crippen molar-refractivity contribution in [3.05, 3.63) is 29.8 Å². The van der Waals surface area contributed by atoms with Gasteiger partial charge >= 0.3 is 5.97 Å². The Hall–Kier alpha value is -1.54. The van der Waals surface area contributed by atoms with Crippen molar-refractivity contribution in [2.45, 2.75) is 23.8 Å². The van der Waals surface area contributed by atoms with Crippen LogP contribution in [0, 0.1) is 11.6 Å². The zero-order valence-corrected chi connectivity index (χ0v) is 10.5. The maximum absolute atomic E-state index is 13.5. The van der Waals surface area contributed by atoms with Crippen molar-refractivity contribution in [3.8, 4) is 0 Å². The van der Waals surface area contributed by atoms with Gasteiger partial charge in [0.25, 0.3) is 0 Å². The third kappa shape index (κ3) is 2.33. The number of halogens is 2. The lowest BCUT2D eigenvalue weighted by Crippen LogP contribution is -2.41. The number of aliphatic carboxylic acids is 1. The Balaban J connectivity index is 2.51. The number of benzene rings is 1. The summed E-state index contributed by atoms with van der Waals surface area (Å²) in [6.45, 7) is -0.0624. The van der Waals surface area contributed by atoms with Gasteiger partial charge in [0.15, 0.2) is 4.90 Å². The van der Waals surface area contributed by atoms with E-state index in [9.17, 15) is 22.0 Å². The lowest BCUT2D eigenvalue weighted by Gasteiger charge is -2.21. The molecule has 0 aliphatic carbocycles. The molecule has 1 aromatic rings. The SMILES string of the molecule is O=C(O)[C@H]1CCCN1S(=O)(=O)c1c(F)cccc1F. The standard InChI is InChI=1S/C11H11F2NO4S/c12-7-3-1-4-8(13)10(7)19(17,18)14-6-2-5-9(14)11(15)16/h1,3-4,9H,2,5-6H2,(H,15,16)/t9-/m1/s1. The predicted octanol–water partition coefficient (Wildman–Crippen LogP) is 1.20. The molecule has 2 rings (SSSR count). The maximum atomic E-state index is 13.5. The minimum absolute atomic E-state index is 0.0624. The van der Waals surface area contributed by atoms with Crippen LogP contribution in [0.5, 0.6) is 0 Å². The van der Waals surface area contributed by atoms with Crippen molar-refractivity contribution in [2.75, 3.05) is 6.54 Å². The van der Waals surface area contributed by atoms with Gasteiger partial charge < -0.3 is 5.11 Å². The van der Waals surface area contributed by atoms with Gasteiger partial charge in [-0.2, -0.15) is 4.31 Å². The Labute approximate surface area is 108 Å². The quantitative estimate of drug-likeness (QED) is 0.908. The second-order valence-electron chi connectivity index (χ2n) is 4.16. The monoisotopic (exact) mass is 291 g/mol. The zero-order chi connectivity index (χ0) is 14.2. The van der Waals surface area contributed by atoms with E-state index in [1.54, 1.807) is 0 Å². The van der Waals surface area contributed by atoms with Crippen LogP contribution in [0.4, 0.5) is 8.78 Å². The summed E-state index contributed by atoms with van der Waals surface area (Å²) in [7, 11) is -4.49. The van der Waals surface area contributed by atoms with Gasteiger partial charge in [-0.1, -0.05) is 6.07 Å². The third-order valence-corrected chi connectivity index (χ3v) is 4.93. The van der Waals surface area contributed by atoms with Crippen LogP contribution < -0.4 is 0 Å². The number of carboxylic acids is 1. The lowest BCUT2D eigenvalue weighted by atomic mass is 10.2. The van der Waals surface area contributed by atoms with Crippen molar-refractivity contribution in [2.24, 2.45) is 0 Å². The molecule has 5 nitrogen and oxygen atoms in total.